The van der Waals surface area contributed by atoms with Gasteiger partial charge in [-0.05, 0) is 56.3 Å². The Balaban J connectivity index is 1.45. The number of benzene rings is 1. The van der Waals surface area contributed by atoms with E-state index in [9.17, 15) is 4.79 Å². The van der Waals surface area contributed by atoms with Crippen molar-refractivity contribution < 1.29 is 4.79 Å². The summed E-state index contributed by atoms with van der Waals surface area (Å²) in [6.45, 7) is 8.12. The third-order valence-electron chi connectivity index (χ3n) is 5.72. The first-order valence-electron chi connectivity index (χ1n) is 11.0. The Morgan fingerprint density at radius 1 is 1.17 bits per heavy atom. The molecule has 0 saturated carbocycles. The summed E-state index contributed by atoms with van der Waals surface area (Å²) in [7, 11) is 1.81. The van der Waals surface area contributed by atoms with Crippen molar-refractivity contribution in [3.05, 3.63) is 29.8 Å². The highest BCUT2D eigenvalue weighted by atomic mass is 16.2. The van der Waals surface area contributed by atoms with Crippen molar-refractivity contribution in [3.8, 4) is 0 Å². The van der Waals surface area contributed by atoms with Gasteiger partial charge in [0.25, 0.3) is 0 Å². The van der Waals surface area contributed by atoms with Crippen molar-refractivity contribution in [3.63, 3.8) is 0 Å². The minimum absolute atomic E-state index is 0.000462. The van der Waals surface area contributed by atoms with E-state index in [2.05, 4.69) is 38.8 Å². The lowest BCUT2D eigenvalue weighted by Crippen LogP contribution is -2.48. The van der Waals surface area contributed by atoms with Gasteiger partial charge in [0, 0.05) is 51.5 Å². The molecule has 2 heterocycles. The number of aliphatic imine (C=N–C) groups is 1. The molecule has 2 amide bonds. The van der Waals surface area contributed by atoms with Crippen molar-refractivity contribution in [2.75, 3.05) is 45.1 Å². The summed E-state index contributed by atoms with van der Waals surface area (Å²) in [5.74, 6) is 0.838. The molecule has 160 valence electrons. The van der Waals surface area contributed by atoms with E-state index in [0.29, 0.717) is 12.6 Å². The number of anilines is 1. The first-order chi connectivity index (χ1) is 14.2. The maximum absolute atomic E-state index is 12.3. The number of guanidine groups is 1. The summed E-state index contributed by atoms with van der Waals surface area (Å²) in [4.78, 5) is 21.1. The summed E-state index contributed by atoms with van der Waals surface area (Å²) in [6.07, 6.45) is 5.72. The lowest BCUT2D eigenvalue weighted by molar-refractivity contribution is 0.206. The van der Waals surface area contributed by atoms with Crippen LogP contribution < -0.4 is 16.0 Å². The predicted molar refractivity (Wildman–Crippen MR) is 119 cm³/mol. The number of amides is 2. The van der Waals surface area contributed by atoms with Crippen molar-refractivity contribution in [1.29, 1.82) is 0 Å². The average Bonchev–Trinajstić information content (AvgIpc) is 3.28. The molecule has 3 N–H and O–H groups in total. The maximum atomic E-state index is 12.3. The molecule has 29 heavy (non-hydrogen) atoms. The third kappa shape index (κ3) is 6.63. The van der Waals surface area contributed by atoms with Gasteiger partial charge in [-0.1, -0.05) is 19.1 Å². The number of likely N-dealkylation sites (tertiary alicyclic amines) is 2. The molecule has 0 bridgehead atoms. The Bertz CT molecular complexity index is 678. The molecule has 0 atom stereocenters. The largest absolute Gasteiger partial charge is 0.354 e. The summed E-state index contributed by atoms with van der Waals surface area (Å²) in [6, 6.07) is 8.48. The molecular formula is C22H36N6O. The number of nitrogens with zero attached hydrogens (tertiary/aromatic N) is 3. The molecule has 7 heteroatoms. The smallest absolute Gasteiger partial charge is 0.321 e. The number of carbonyl (C=O) groups excluding carboxylic acids is 1. The van der Waals surface area contributed by atoms with Gasteiger partial charge in [0.2, 0.25) is 0 Å². The topological polar surface area (TPSA) is 72.0 Å². The molecule has 0 spiro atoms. The van der Waals surface area contributed by atoms with Crippen molar-refractivity contribution in [2.45, 2.75) is 51.6 Å². The SMILES string of the molecule is CCCN1CCC(NC(=NC)NCc2cccc(NC(=O)N3CCCC3)c2)CC1. The van der Waals surface area contributed by atoms with Gasteiger partial charge in [-0.2, -0.15) is 0 Å². The van der Waals surface area contributed by atoms with Crippen LogP contribution in [0.1, 0.15) is 44.6 Å². The molecule has 2 aliphatic heterocycles. The van der Waals surface area contributed by atoms with E-state index < -0.39 is 0 Å². The molecule has 7 nitrogen and oxygen atoms in total. The van der Waals surface area contributed by atoms with E-state index in [4.69, 9.17) is 0 Å². The van der Waals surface area contributed by atoms with Gasteiger partial charge in [-0.3, -0.25) is 4.99 Å². The Labute approximate surface area is 174 Å². The lowest BCUT2D eigenvalue weighted by atomic mass is 10.1. The second kappa shape index (κ2) is 11.0. The van der Waals surface area contributed by atoms with E-state index in [1.54, 1.807) is 0 Å². The van der Waals surface area contributed by atoms with Gasteiger partial charge in [0.15, 0.2) is 5.96 Å². The highest BCUT2D eigenvalue weighted by Crippen LogP contribution is 2.14. The fourth-order valence-corrected chi connectivity index (χ4v) is 4.07. The number of hydrogen-bond acceptors (Lipinski definition) is 3. The minimum atomic E-state index is -0.000462. The standard InChI is InChI=1S/C22H36N6O/c1-3-11-27-14-9-19(10-15-27)25-21(23-2)24-17-18-7-6-8-20(16-18)26-22(29)28-12-4-5-13-28/h6-8,16,19H,3-5,9-15,17H2,1-2H3,(H,26,29)(H2,23,24,25). The first kappa shape index (κ1) is 21.4. The van der Waals surface area contributed by atoms with Crippen LogP contribution in [0.4, 0.5) is 10.5 Å². The summed E-state index contributed by atoms with van der Waals surface area (Å²) in [5.41, 5.74) is 1.96. The van der Waals surface area contributed by atoms with Gasteiger partial charge in [-0.15, -0.1) is 0 Å². The van der Waals surface area contributed by atoms with Gasteiger partial charge in [0.05, 0.1) is 0 Å². The summed E-state index contributed by atoms with van der Waals surface area (Å²) < 4.78 is 0. The Kier molecular flexibility index (Phi) is 8.16. The number of urea groups is 1. The summed E-state index contributed by atoms with van der Waals surface area (Å²) in [5, 5.41) is 9.98. The van der Waals surface area contributed by atoms with Crippen molar-refractivity contribution in [1.82, 2.24) is 20.4 Å². The zero-order valence-corrected chi connectivity index (χ0v) is 17.9. The van der Waals surface area contributed by atoms with Crippen LogP contribution >= 0.6 is 0 Å². The summed E-state index contributed by atoms with van der Waals surface area (Å²) >= 11 is 0. The Hall–Kier alpha value is -2.28. The molecule has 2 aliphatic rings. The van der Waals surface area contributed by atoms with Gasteiger partial charge in [0.1, 0.15) is 0 Å². The Morgan fingerprint density at radius 2 is 1.93 bits per heavy atom. The third-order valence-corrected chi connectivity index (χ3v) is 5.72. The molecule has 0 radical (unpaired) electrons. The van der Waals surface area contributed by atoms with Gasteiger partial charge < -0.3 is 25.8 Å². The minimum Gasteiger partial charge on any atom is -0.354 e. The molecule has 0 unspecified atom stereocenters. The van der Waals surface area contributed by atoms with E-state index in [1.807, 2.05) is 30.1 Å². The molecular weight excluding hydrogens is 364 g/mol. The molecule has 3 rings (SSSR count). The fourth-order valence-electron chi connectivity index (χ4n) is 4.07. The van der Waals surface area contributed by atoms with Crippen LogP contribution in [0, 0.1) is 0 Å². The second-order valence-electron chi connectivity index (χ2n) is 8.01. The molecule has 2 saturated heterocycles. The van der Waals surface area contributed by atoms with Crippen LogP contribution in [0.3, 0.4) is 0 Å². The molecule has 1 aromatic carbocycles. The predicted octanol–water partition coefficient (Wildman–Crippen LogP) is 2.85. The molecule has 0 aliphatic carbocycles. The number of carbonyl (C=O) groups is 1. The Morgan fingerprint density at radius 3 is 2.62 bits per heavy atom. The normalized spacial score (nSPS) is 18.7. The van der Waals surface area contributed by atoms with E-state index in [-0.39, 0.29) is 6.03 Å². The van der Waals surface area contributed by atoms with Gasteiger partial charge in [-0.25, -0.2) is 4.79 Å². The highest BCUT2D eigenvalue weighted by molar-refractivity contribution is 5.89. The van der Waals surface area contributed by atoms with Crippen LogP contribution in [-0.2, 0) is 6.54 Å². The second-order valence-corrected chi connectivity index (χ2v) is 8.01. The van der Waals surface area contributed by atoms with Crippen molar-refractivity contribution >= 4 is 17.7 Å². The average molecular weight is 401 g/mol. The molecule has 1 aromatic rings. The maximum Gasteiger partial charge on any atom is 0.321 e. The van der Waals surface area contributed by atoms with Gasteiger partial charge >= 0.3 is 6.03 Å². The van der Waals surface area contributed by atoms with Crippen LogP contribution in [0.25, 0.3) is 0 Å². The van der Waals surface area contributed by atoms with E-state index >= 15 is 0 Å². The van der Waals surface area contributed by atoms with Crippen LogP contribution in [0.2, 0.25) is 0 Å². The zero-order chi connectivity index (χ0) is 20.5. The first-order valence-corrected chi connectivity index (χ1v) is 11.0. The van der Waals surface area contributed by atoms with E-state index in [1.165, 1.54) is 13.0 Å². The quantitative estimate of drug-likeness (QED) is 0.507. The number of rotatable bonds is 6. The number of hydrogen-bond donors (Lipinski definition) is 3. The molecule has 2 fully saturated rings. The van der Waals surface area contributed by atoms with Crippen LogP contribution in [0.5, 0.6) is 0 Å². The van der Waals surface area contributed by atoms with Crippen LogP contribution in [-0.4, -0.2) is 67.6 Å². The van der Waals surface area contributed by atoms with E-state index in [0.717, 1.165) is 69.1 Å². The highest BCUT2D eigenvalue weighted by Gasteiger charge is 2.19. The molecule has 0 aromatic heterocycles. The fraction of sp³-hybridized carbons (Fsp3) is 0.636. The van der Waals surface area contributed by atoms with Crippen molar-refractivity contribution in [2.24, 2.45) is 4.99 Å². The monoisotopic (exact) mass is 400 g/mol. The lowest BCUT2D eigenvalue weighted by Gasteiger charge is -2.32. The number of piperidine rings is 1. The number of nitrogens with one attached hydrogen (secondary N) is 3. The zero-order valence-electron chi connectivity index (χ0n) is 17.9. The van der Waals surface area contributed by atoms with Crippen LogP contribution in [0.15, 0.2) is 29.3 Å².